The fourth-order valence-corrected chi connectivity index (χ4v) is 3.83. The molecule has 1 aromatic heterocycles. The van der Waals surface area contributed by atoms with Gasteiger partial charge in [-0.1, -0.05) is 18.2 Å². The average molecular weight is 342 g/mol. The molecule has 0 bridgehead atoms. The first-order valence-electron chi connectivity index (χ1n) is 9.31. The van der Waals surface area contributed by atoms with Crippen molar-refractivity contribution in [2.45, 2.75) is 31.8 Å². The second-order valence-corrected chi connectivity index (χ2v) is 7.41. The normalized spacial score (nSPS) is 23.9. The lowest BCUT2D eigenvalue weighted by atomic mass is 9.86. The van der Waals surface area contributed by atoms with Crippen LogP contribution < -0.4 is 9.64 Å². The van der Waals surface area contributed by atoms with Crippen molar-refractivity contribution in [1.29, 1.82) is 0 Å². The third-order valence-electron chi connectivity index (χ3n) is 5.22. The zero-order valence-corrected chi connectivity index (χ0v) is 15.5. The van der Waals surface area contributed by atoms with Gasteiger partial charge in [0.05, 0.1) is 0 Å². The van der Waals surface area contributed by atoms with Crippen LogP contribution in [0.5, 0.6) is 5.88 Å². The molecule has 3 atom stereocenters. The van der Waals surface area contributed by atoms with Gasteiger partial charge in [0.25, 0.3) is 0 Å². The Balaban J connectivity index is 1.58. The van der Waals surface area contributed by atoms with E-state index >= 15 is 0 Å². The molecule has 0 amide bonds. The molecule has 1 saturated heterocycles. The number of ether oxygens (including phenoxy) is 1. The molecule has 3 rings (SSSR count). The number of likely N-dealkylation sites (tertiary alicyclic amines) is 1. The maximum atomic E-state index is 6.17. The van der Waals surface area contributed by atoms with Gasteiger partial charge < -0.3 is 9.64 Å². The van der Waals surface area contributed by atoms with Crippen LogP contribution in [0.15, 0.2) is 36.9 Å². The molecule has 0 spiro atoms. The van der Waals surface area contributed by atoms with E-state index in [1.54, 1.807) is 0 Å². The van der Waals surface area contributed by atoms with Crippen LogP contribution in [-0.2, 0) is 0 Å². The Kier molecular flexibility index (Phi) is 6.08. The molecule has 2 heterocycles. The highest BCUT2D eigenvalue weighted by Crippen LogP contribution is 2.33. The van der Waals surface area contributed by atoms with E-state index in [0.29, 0.717) is 5.88 Å². The number of rotatable bonds is 8. The maximum absolute atomic E-state index is 6.17. The highest BCUT2D eigenvalue weighted by molar-refractivity contribution is 5.35. The van der Waals surface area contributed by atoms with E-state index in [-0.39, 0.29) is 6.10 Å². The first-order chi connectivity index (χ1) is 12.2. The van der Waals surface area contributed by atoms with Gasteiger partial charge in [-0.15, -0.1) is 16.8 Å². The summed E-state index contributed by atoms with van der Waals surface area (Å²) in [6.45, 7) is 7.18. The van der Waals surface area contributed by atoms with E-state index in [9.17, 15) is 0 Å². The van der Waals surface area contributed by atoms with Crippen LogP contribution in [0.2, 0.25) is 0 Å². The van der Waals surface area contributed by atoms with Crippen LogP contribution in [0.1, 0.15) is 25.7 Å². The number of hydrogen-bond acceptors (Lipinski definition) is 5. The van der Waals surface area contributed by atoms with Gasteiger partial charge in [-0.2, -0.15) is 0 Å². The molecular formula is C20H30N4O. The van der Waals surface area contributed by atoms with E-state index < -0.39 is 0 Å². The predicted molar refractivity (Wildman–Crippen MR) is 102 cm³/mol. The maximum Gasteiger partial charge on any atom is 0.233 e. The molecule has 1 aromatic rings. The molecule has 1 aliphatic carbocycles. The minimum atomic E-state index is 0.130. The van der Waals surface area contributed by atoms with Crippen molar-refractivity contribution in [3.63, 3.8) is 0 Å². The van der Waals surface area contributed by atoms with Gasteiger partial charge in [0, 0.05) is 39.8 Å². The summed E-state index contributed by atoms with van der Waals surface area (Å²) in [4.78, 5) is 4.50. The van der Waals surface area contributed by atoms with Crippen LogP contribution >= 0.6 is 0 Å². The number of anilines is 1. The van der Waals surface area contributed by atoms with Gasteiger partial charge in [-0.05, 0) is 43.6 Å². The lowest BCUT2D eigenvalue weighted by Gasteiger charge is -2.24. The summed E-state index contributed by atoms with van der Waals surface area (Å²) in [5.74, 6) is 3.09. The van der Waals surface area contributed by atoms with Gasteiger partial charge >= 0.3 is 0 Å². The molecule has 1 unspecified atom stereocenters. The topological polar surface area (TPSA) is 41.5 Å². The number of hydrogen-bond donors (Lipinski definition) is 0. The second kappa shape index (κ2) is 8.48. The van der Waals surface area contributed by atoms with Crippen LogP contribution in [-0.4, -0.2) is 54.9 Å². The van der Waals surface area contributed by atoms with Crippen molar-refractivity contribution in [3.8, 4) is 5.88 Å². The minimum Gasteiger partial charge on any atom is -0.472 e. The zero-order valence-electron chi connectivity index (χ0n) is 15.5. The number of aromatic nitrogens is 2. The van der Waals surface area contributed by atoms with E-state index in [1.165, 1.54) is 25.9 Å². The van der Waals surface area contributed by atoms with E-state index in [1.807, 2.05) is 37.2 Å². The third-order valence-corrected chi connectivity index (χ3v) is 5.22. The third kappa shape index (κ3) is 4.82. The molecule has 0 radical (unpaired) electrons. The molecule has 136 valence electrons. The standard InChI is InChI=1S/C20H30N4O/c1-4-5-10-18(25-20-12-11-19(21-22-20)23(2)3)15-24-13-16-8-6-7-9-17(16)14-24/h4,6-7,11-12,16-18H,1,5,8-10,13-15H2,2-3H3/t16-,17+,18?. The highest BCUT2D eigenvalue weighted by atomic mass is 16.5. The van der Waals surface area contributed by atoms with Crippen molar-refractivity contribution < 1.29 is 4.74 Å². The first kappa shape index (κ1) is 17.9. The molecule has 1 fully saturated rings. The predicted octanol–water partition coefficient (Wildman–Crippen LogP) is 3.15. The summed E-state index contributed by atoms with van der Waals surface area (Å²) in [5.41, 5.74) is 0. The molecule has 25 heavy (non-hydrogen) atoms. The van der Waals surface area contributed by atoms with Crippen LogP contribution in [0.4, 0.5) is 5.82 Å². The summed E-state index contributed by atoms with van der Waals surface area (Å²) in [5, 5.41) is 8.44. The van der Waals surface area contributed by atoms with E-state index in [4.69, 9.17) is 4.74 Å². The molecular weight excluding hydrogens is 312 g/mol. The second-order valence-electron chi connectivity index (χ2n) is 7.41. The Labute approximate surface area is 151 Å². The number of nitrogens with zero attached hydrogens (tertiary/aromatic N) is 4. The summed E-state index contributed by atoms with van der Waals surface area (Å²) < 4.78 is 6.17. The summed E-state index contributed by atoms with van der Waals surface area (Å²) in [7, 11) is 3.91. The quantitative estimate of drug-likeness (QED) is 0.679. The SMILES string of the molecule is C=CCCC(CN1C[C@H]2CC=CC[C@H]2C1)Oc1ccc(N(C)C)nn1. The van der Waals surface area contributed by atoms with E-state index in [2.05, 4.69) is 33.8 Å². The zero-order chi connectivity index (χ0) is 17.6. The molecule has 5 heteroatoms. The van der Waals surface area contributed by atoms with Gasteiger partial charge in [0.15, 0.2) is 5.82 Å². The Hall–Kier alpha value is -1.88. The van der Waals surface area contributed by atoms with Crippen molar-refractivity contribution in [3.05, 3.63) is 36.9 Å². The molecule has 0 aromatic carbocycles. The van der Waals surface area contributed by atoms with Crippen LogP contribution in [0.3, 0.4) is 0 Å². The van der Waals surface area contributed by atoms with Gasteiger partial charge in [-0.25, -0.2) is 0 Å². The first-order valence-corrected chi connectivity index (χ1v) is 9.31. The van der Waals surface area contributed by atoms with Crippen molar-refractivity contribution in [1.82, 2.24) is 15.1 Å². The van der Waals surface area contributed by atoms with Crippen LogP contribution in [0.25, 0.3) is 0 Å². The summed E-state index contributed by atoms with van der Waals surface area (Å²) >= 11 is 0. The van der Waals surface area contributed by atoms with Gasteiger partial charge in [0.2, 0.25) is 5.88 Å². The Morgan fingerprint density at radius 1 is 1.24 bits per heavy atom. The lowest BCUT2D eigenvalue weighted by Crippen LogP contribution is -2.34. The molecule has 0 saturated carbocycles. The Morgan fingerprint density at radius 3 is 2.52 bits per heavy atom. The molecule has 1 aliphatic heterocycles. The smallest absolute Gasteiger partial charge is 0.233 e. The summed E-state index contributed by atoms with van der Waals surface area (Å²) in [6.07, 6.45) is 11.2. The number of allylic oxidation sites excluding steroid dienone is 3. The average Bonchev–Trinajstić information content (AvgIpc) is 3.02. The van der Waals surface area contributed by atoms with Crippen molar-refractivity contribution in [2.24, 2.45) is 11.8 Å². The van der Waals surface area contributed by atoms with E-state index in [0.717, 1.165) is 37.0 Å². The fourth-order valence-electron chi connectivity index (χ4n) is 3.83. The van der Waals surface area contributed by atoms with Crippen molar-refractivity contribution in [2.75, 3.05) is 38.6 Å². The van der Waals surface area contributed by atoms with Crippen LogP contribution in [0, 0.1) is 11.8 Å². The largest absolute Gasteiger partial charge is 0.472 e. The van der Waals surface area contributed by atoms with Gasteiger partial charge in [-0.3, -0.25) is 4.90 Å². The minimum absolute atomic E-state index is 0.130. The molecule has 5 nitrogen and oxygen atoms in total. The van der Waals surface area contributed by atoms with Gasteiger partial charge in [0.1, 0.15) is 6.10 Å². The number of fused-ring (bicyclic) bond motifs is 1. The Morgan fingerprint density at radius 2 is 1.96 bits per heavy atom. The monoisotopic (exact) mass is 342 g/mol. The molecule has 0 N–H and O–H groups in total. The van der Waals surface area contributed by atoms with Crippen molar-refractivity contribution >= 4 is 5.82 Å². The molecule has 2 aliphatic rings. The summed E-state index contributed by atoms with van der Waals surface area (Å²) in [6, 6.07) is 3.86. The highest BCUT2D eigenvalue weighted by Gasteiger charge is 2.33. The Bertz CT molecular complexity index is 568. The fraction of sp³-hybridized carbons (Fsp3) is 0.600. The lowest BCUT2D eigenvalue weighted by molar-refractivity contribution is 0.130.